The SMILES string of the molecule is COc1cc2nc(N3CCC(C(=O)O)CC3CC3CCC3)[nH]c(=O)c2cc1OC. The van der Waals surface area contributed by atoms with E-state index in [0.717, 1.165) is 6.42 Å². The lowest BCUT2D eigenvalue weighted by Gasteiger charge is -2.41. The number of carboxylic acid groups (broad SMARTS) is 1. The molecule has 2 unspecified atom stereocenters. The van der Waals surface area contributed by atoms with Gasteiger partial charge in [-0.2, -0.15) is 0 Å². The molecule has 29 heavy (non-hydrogen) atoms. The lowest BCUT2D eigenvalue weighted by molar-refractivity contribution is -0.142. The van der Waals surface area contributed by atoms with Gasteiger partial charge in [0.25, 0.3) is 5.56 Å². The van der Waals surface area contributed by atoms with E-state index in [0.29, 0.717) is 53.7 Å². The Bertz CT molecular complexity index is 969. The molecule has 156 valence electrons. The van der Waals surface area contributed by atoms with Gasteiger partial charge in [-0.25, -0.2) is 4.98 Å². The van der Waals surface area contributed by atoms with E-state index in [2.05, 4.69) is 9.88 Å². The van der Waals surface area contributed by atoms with Crippen LogP contribution in [0.4, 0.5) is 5.95 Å². The highest BCUT2D eigenvalue weighted by molar-refractivity contribution is 5.82. The number of aromatic amines is 1. The average Bonchev–Trinajstić information content (AvgIpc) is 2.69. The summed E-state index contributed by atoms with van der Waals surface area (Å²) < 4.78 is 10.6. The minimum Gasteiger partial charge on any atom is -0.493 e. The first-order valence-corrected chi connectivity index (χ1v) is 10.2. The molecule has 0 bridgehead atoms. The van der Waals surface area contributed by atoms with E-state index in [1.165, 1.54) is 26.4 Å². The zero-order valence-electron chi connectivity index (χ0n) is 16.8. The van der Waals surface area contributed by atoms with Gasteiger partial charge < -0.3 is 19.5 Å². The molecule has 1 aliphatic carbocycles. The number of hydrogen-bond acceptors (Lipinski definition) is 6. The van der Waals surface area contributed by atoms with Crippen LogP contribution in [0.1, 0.15) is 38.5 Å². The largest absolute Gasteiger partial charge is 0.493 e. The smallest absolute Gasteiger partial charge is 0.306 e. The van der Waals surface area contributed by atoms with E-state index in [1.54, 1.807) is 19.2 Å². The number of aliphatic carboxylic acids is 1. The van der Waals surface area contributed by atoms with Crippen molar-refractivity contribution >= 4 is 22.8 Å². The minimum absolute atomic E-state index is 0.0656. The van der Waals surface area contributed by atoms with Gasteiger partial charge in [-0.05, 0) is 31.2 Å². The van der Waals surface area contributed by atoms with Crippen LogP contribution in [0.5, 0.6) is 11.5 Å². The Balaban J connectivity index is 1.70. The second-order valence-corrected chi connectivity index (χ2v) is 8.05. The third-order valence-corrected chi connectivity index (χ3v) is 6.37. The molecule has 1 aliphatic heterocycles. The number of aromatic nitrogens is 2. The van der Waals surface area contributed by atoms with Crippen LogP contribution in [-0.4, -0.2) is 47.8 Å². The molecule has 1 saturated carbocycles. The summed E-state index contributed by atoms with van der Waals surface area (Å²) in [5.41, 5.74) is 0.290. The molecule has 2 fully saturated rings. The number of H-pyrrole nitrogens is 1. The maximum absolute atomic E-state index is 12.8. The molecule has 2 N–H and O–H groups in total. The summed E-state index contributed by atoms with van der Waals surface area (Å²) >= 11 is 0. The number of fused-ring (bicyclic) bond motifs is 1. The van der Waals surface area contributed by atoms with Crippen LogP contribution in [0.3, 0.4) is 0 Å². The van der Waals surface area contributed by atoms with Gasteiger partial charge in [-0.1, -0.05) is 19.3 Å². The van der Waals surface area contributed by atoms with Gasteiger partial charge in [0.05, 0.1) is 31.0 Å². The van der Waals surface area contributed by atoms with Crippen molar-refractivity contribution < 1.29 is 19.4 Å². The monoisotopic (exact) mass is 401 g/mol. The normalized spacial score (nSPS) is 22.3. The lowest BCUT2D eigenvalue weighted by atomic mass is 9.77. The van der Waals surface area contributed by atoms with Crippen molar-refractivity contribution in [2.75, 3.05) is 25.7 Å². The number of nitrogens with zero attached hydrogens (tertiary/aromatic N) is 2. The molecule has 8 heteroatoms. The van der Waals surface area contributed by atoms with Crippen molar-refractivity contribution in [3.8, 4) is 11.5 Å². The summed E-state index contributed by atoms with van der Waals surface area (Å²) in [5.74, 6) is 1.05. The summed E-state index contributed by atoms with van der Waals surface area (Å²) in [6, 6.07) is 3.40. The number of piperidine rings is 1. The molecule has 2 aliphatic rings. The van der Waals surface area contributed by atoms with Gasteiger partial charge >= 0.3 is 5.97 Å². The number of carboxylic acids is 1. The van der Waals surface area contributed by atoms with Crippen LogP contribution < -0.4 is 19.9 Å². The number of methoxy groups -OCH3 is 2. The zero-order chi connectivity index (χ0) is 20.5. The standard InChI is InChI=1S/C21H27N3O5/c1-28-17-10-15-16(11-18(17)29-2)22-21(23-19(15)25)24-7-6-13(20(26)27)9-14(24)8-12-4-3-5-12/h10-14H,3-9H2,1-2H3,(H,26,27)(H,22,23,25). The zero-order valence-corrected chi connectivity index (χ0v) is 16.8. The van der Waals surface area contributed by atoms with Crippen molar-refractivity contribution in [2.24, 2.45) is 11.8 Å². The number of ether oxygens (including phenoxy) is 2. The van der Waals surface area contributed by atoms with Crippen LogP contribution >= 0.6 is 0 Å². The van der Waals surface area contributed by atoms with E-state index in [-0.39, 0.29) is 17.5 Å². The van der Waals surface area contributed by atoms with Crippen LogP contribution in [0.25, 0.3) is 10.9 Å². The predicted octanol–water partition coefficient (Wildman–Crippen LogP) is 2.80. The number of rotatable bonds is 6. The molecule has 8 nitrogen and oxygen atoms in total. The first-order valence-electron chi connectivity index (χ1n) is 10.2. The Morgan fingerprint density at radius 1 is 1.24 bits per heavy atom. The van der Waals surface area contributed by atoms with Crippen LogP contribution in [0.2, 0.25) is 0 Å². The summed E-state index contributed by atoms with van der Waals surface area (Å²) in [5, 5.41) is 9.93. The second kappa shape index (κ2) is 7.93. The summed E-state index contributed by atoms with van der Waals surface area (Å²) in [6.07, 6.45) is 5.70. The number of anilines is 1. The maximum Gasteiger partial charge on any atom is 0.306 e. The fourth-order valence-corrected chi connectivity index (χ4v) is 4.48. The fraction of sp³-hybridized carbons (Fsp3) is 0.571. The van der Waals surface area contributed by atoms with E-state index in [9.17, 15) is 14.7 Å². The number of carbonyl (C=O) groups is 1. The third kappa shape index (κ3) is 3.75. The van der Waals surface area contributed by atoms with Gasteiger partial charge in [0.15, 0.2) is 11.5 Å². The Labute approximate surface area is 168 Å². The maximum atomic E-state index is 12.8. The topological polar surface area (TPSA) is 105 Å². The molecule has 0 amide bonds. The highest BCUT2D eigenvalue weighted by atomic mass is 16.5. The lowest BCUT2D eigenvalue weighted by Crippen LogP contribution is -2.47. The first-order chi connectivity index (χ1) is 14.0. The van der Waals surface area contributed by atoms with Crippen molar-refractivity contribution in [3.63, 3.8) is 0 Å². The quantitative estimate of drug-likeness (QED) is 0.767. The molecule has 0 spiro atoms. The second-order valence-electron chi connectivity index (χ2n) is 8.05. The van der Waals surface area contributed by atoms with Crippen LogP contribution in [0.15, 0.2) is 16.9 Å². The summed E-state index contributed by atoms with van der Waals surface area (Å²) in [4.78, 5) is 34.0. The molecule has 1 saturated heterocycles. The van der Waals surface area contributed by atoms with Crippen molar-refractivity contribution in [3.05, 3.63) is 22.5 Å². The van der Waals surface area contributed by atoms with Gasteiger partial charge in [0.1, 0.15) is 0 Å². The Kier molecular flexibility index (Phi) is 5.34. The Morgan fingerprint density at radius 2 is 1.97 bits per heavy atom. The molecule has 2 aromatic rings. The van der Waals surface area contributed by atoms with E-state index >= 15 is 0 Å². The van der Waals surface area contributed by atoms with Gasteiger partial charge in [-0.3, -0.25) is 14.6 Å². The number of hydrogen-bond donors (Lipinski definition) is 2. The molecule has 2 heterocycles. The van der Waals surface area contributed by atoms with E-state index in [4.69, 9.17) is 14.5 Å². The van der Waals surface area contributed by atoms with Crippen LogP contribution in [0, 0.1) is 11.8 Å². The molecule has 2 atom stereocenters. The molecule has 0 radical (unpaired) electrons. The third-order valence-electron chi connectivity index (χ3n) is 6.37. The van der Waals surface area contributed by atoms with Crippen LogP contribution in [-0.2, 0) is 4.79 Å². The molecule has 1 aromatic heterocycles. The minimum atomic E-state index is -0.736. The van der Waals surface area contributed by atoms with Gasteiger partial charge in [0, 0.05) is 18.7 Å². The highest BCUT2D eigenvalue weighted by Gasteiger charge is 2.36. The molecule has 4 rings (SSSR count). The number of nitrogens with one attached hydrogen (secondary N) is 1. The average molecular weight is 401 g/mol. The first kappa shape index (κ1) is 19.5. The van der Waals surface area contributed by atoms with Crippen molar-refractivity contribution in [1.82, 2.24) is 9.97 Å². The summed E-state index contributed by atoms with van der Waals surface area (Å²) in [6.45, 7) is 0.566. The van der Waals surface area contributed by atoms with E-state index in [1.807, 2.05) is 0 Å². The molecular weight excluding hydrogens is 374 g/mol. The molecular formula is C21H27N3O5. The Hall–Kier alpha value is -2.77. The van der Waals surface area contributed by atoms with Gasteiger partial charge in [0.2, 0.25) is 5.95 Å². The molecule has 1 aromatic carbocycles. The van der Waals surface area contributed by atoms with Gasteiger partial charge in [-0.15, -0.1) is 0 Å². The highest BCUT2D eigenvalue weighted by Crippen LogP contribution is 2.37. The summed E-state index contributed by atoms with van der Waals surface area (Å²) in [7, 11) is 3.07. The Morgan fingerprint density at radius 3 is 2.59 bits per heavy atom. The van der Waals surface area contributed by atoms with E-state index < -0.39 is 5.97 Å². The number of benzene rings is 1. The van der Waals surface area contributed by atoms with Crippen molar-refractivity contribution in [1.29, 1.82) is 0 Å². The predicted molar refractivity (Wildman–Crippen MR) is 109 cm³/mol. The van der Waals surface area contributed by atoms with Crippen molar-refractivity contribution in [2.45, 2.75) is 44.6 Å². The fourth-order valence-electron chi connectivity index (χ4n) is 4.48.